The maximum atomic E-state index is 4.19. The van der Waals surface area contributed by atoms with Gasteiger partial charge in [0.1, 0.15) is 0 Å². The Labute approximate surface area is 69.7 Å². The maximum Gasteiger partial charge on any atom is -0.0152 e. The van der Waals surface area contributed by atoms with Gasteiger partial charge in [-0.3, -0.25) is 0 Å². The number of hydrogen-bond donors (Lipinski definition) is 0. The lowest BCUT2D eigenvalue weighted by Crippen LogP contribution is -2.30. The Kier molecular flexibility index (Phi) is 1.42. The summed E-state index contributed by atoms with van der Waals surface area (Å²) in [4.78, 5) is 0. The van der Waals surface area contributed by atoms with Crippen LogP contribution in [-0.4, -0.2) is 0 Å². The van der Waals surface area contributed by atoms with E-state index in [2.05, 4.69) is 20.4 Å². The summed E-state index contributed by atoms with van der Waals surface area (Å²) in [6.45, 7) is 9.05. The molecular formula is C11H18. The number of hydrogen-bond acceptors (Lipinski definition) is 0. The molecule has 11 heavy (non-hydrogen) atoms. The molecule has 0 heteroatoms. The molecule has 0 nitrogen and oxygen atoms in total. The van der Waals surface area contributed by atoms with E-state index in [9.17, 15) is 0 Å². The molecular weight excluding hydrogens is 132 g/mol. The van der Waals surface area contributed by atoms with Gasteiger partial charge in [0.15, 0.2) is 0 Å². The van der Waals surface area contributed by atoms with Gasteiger partial charge in [0, 0.05) is 0 Å². The molecule has 0 unspecified atom stereocenters. The minimum absolute atomic E-state index is 0.579. The van der Waals surface area contributed by atoms with E-state index in [1.165, 1.54) is 31.3 Å². The first-order valence-corrected chi connectivity index (χ1v) is 4.80. The Hall–Kier alpha value is -0.260. The Morgan fingerprint density at radius 3 is 2.64 bits per heavy atom. The summed E-state index contributed by atoms with van der Waals surface area (Å²) < 4.78 is 0. The number of allylic oxidation sites excluding steroid dienone is 1. The van der Waals surface area contributed by atoms with Crippen LogP contribution < -0.4 is 0 Å². The van der Waals surface area contributed by atoms with Crippen molar-refractivity contribution in [2.24, 2.45) is 17.3 Å². The monoisotopic (exact) mass is 150 g/mol. The van der Waals surface area contributed by atoms with E-state index in [0.29, 0.717) is 5.41 Å². The smallest absolute Gasteiger partial charge is 0.0152 e. The summed E-state index contributed by atoms with van der Waals surface area (Å²) in [5.74, 6) is 1.85. The van der Waals surface area contributed by atoms with Crippen LogP contribution in [0.25, 0.3) is 0 Å². The molecule has 0 amide bonds. The summed E-state index contributed by atoms with van der Waals surface area (Å²) in [7, 11) is 0. The lowest BCUT2D eigenvalue weighted by atomic mass is 9.66. The van der Waals surface area contributed by atoms with E-state index in [0.717, 1.165) is 11.8 Å². The van der Waals surface area contributed by atoms with Crippen molar-refractivity contribution in [2.75, 3.05) is 0 Å². The predicted octanol–water partition coefficient (Wildman–Crippen LogP) is 3.39. The highest BCUT2D eigenvalue weighted by Gasteiger charge is 2.46. The van der Waals surface area contributed by atoms with Crippen LogP contribution in [0.4, 0.5) is 0 Å². The fourth-order valence-electron chi connectivity index (χ4n) is 3.18. The fraction of sp³-hybridized carbons (Fsp3) is 0.818. The number of rotatable bonds is 0. The third-order valence-electron chi connectivity index (χ3n) is 4.06. The molecule has 0 aliphatic heterocycles. The molecule has 0 radical (unpaired) electrons. The summed E-state index contributed by atoms with van der Waals surface area (Å²) in [5.41, 5.74) is 2.11. The van der Waals surface area contributed by atoms with Crippen molar-refractivity contribution < 1.29 is 0 Å². The van der Waals surface area contributed by atoms with Crippen LogP contribution >= 0.6 is 0 Å². The lowest BCUT2D eigenvalue weighted by molar-refractivity contribution is 0.168. The second-order valence-corrected chi connectivity index (χ2v) is 4.85. The van der Waals surface area contributed by atoms with Crippen molar-refractivity contribution in [3.8, 4) is 0 Å². The molecule has 2 saturated carbocycles. The van der Waals surface area contributed by atoms with Gasteiger partial charge in [-0.25, -0.2) is 0 Å². The van der Waals surface area contributed by atoms with Crippen LogP contribution in [0.5, 0.6) is 0 Å². The molecule has 0 heterocycles. The van der Waals surface area contributed by atoms with Crippen molar-refractivity contribution in [2.45, 2.75) is 39.5 Å². The Morgan fingerprint density at radius 2 is 2.00 bits per heavy atom. The minimum atomic E-state index is 0.579. The van der Waals surface area contributed by atoms with Crippen LogP contribution in [0, 0.1) is 17.3 Å². The molecule has 2 rings (SSSR count). The van der Waals surface area contributed by atoms with Gasteiger partial charge in [0.25, 0.3) is 0 Å². The highest BCUT2D eigenvalue weighted by molar-refractivity contribution is 5.14. The second kappa shape index (κ2) is 2.12. The zero-order valence-corrected chi connectivity index (χ0v) is 7.69. The Balaban J connectivity index is 2.31. The highest BCUT2D eigenvalue weighted by Crippen LogP contribution is 2.56. The largest absolute Gasteiger partial charge is 0.0996 e. The van der Waals surface area contributed by atoms with Crippen molar-refractivity contribution in [3.05, 3.63) is 12.2 Å². The summed E-state index contributed by atoms with van der Waals surface area (Å²) in [5, 5.41) is 0. The molecule has 2 aliphatic rings. The molecule has 0 aromatic carbocycles. The Bertz CT molecular complexity index is 188. The van der Waals surface area contributed by atoms with E-state index in [4.69, 9.17) is 0 Å². The molecule has 0 saturated heterocycles. The van der Waals surface area contributed by atoms with Crippen LogP contribution in [0.2, 0.25) is 0 Å². The van der Waals surface area contributed by atoms with E-state index in [-0.39, 0.29) is 0 Å². The van der Waals surface area contributed by atoms with Crippen LogP contribution in [0.15, 0.2) is 12.2 Å². The van der Waals surface area contributed by atoms with Crippen molar-refractivity contribution in [3.63, 3.8) is 0 Å². The van der Waals surface area contributed by atoms with E-state index in [1.807, 2.05) is 0 Å². The first-order chi connectivity index (χ1) is 5.12. The lowest BCUT2D eigenvalue weighted by Gasteiger charge is -2.39. The van der Waals surface area contributed by atoms with Gasteiger partial charge in [-0.05, 0) is 42.9 Å². The highest BCUT2D eigenvalue weighted by atomic mass is 14.5. The molecule has 2 aliphatic carbocycles. The third-order valence-corrected chi connectivity index (χ3v) is 4.06. The third kappa shape index (κ3) is 0.881. The van der Waals surface area contributed by atoms with Crippen LogP contribution in [0.3, 0.4) is 0 Å². The van der Waals surface area contributed by atoms with Crippen molar-refractivity contribution >= 4 is 0 Å². The van der Waals surface area contributed by atoms with E-state index >= 15 is 0 Å². The predicted molar refractivity (Wildman–Crippen MR) is 48.4 cm³/mol. The average molecular weight is 150 g/mol. The standard InChI is InChI=1S/C11H18/c1-8-4-5-9-6-7-10(8)11(9,2)3/h9-10H,1,4-7H2,2-3H3/t9-,10-/m1/s1. The van der Waals surface area contributed by atoms with Crippen molar-refractivity contribution in [1.82, 2.24) is 0 Å². The van der Waals surface area contributed by atoms with Crippen LogP contribution in [0.1, 0.15) is 39.5 Å². The molecule has 0 N–H and O–H groups in total. The second-order valence-electron chi connectivity index (χ2n) is 4.85. The molecule has 2 atom stereocenters. The first-order valence-electron chi connectivity index (χ1n) is 4.80. The first kappa shape index (κ1) is 7.39. The van der Waals surface area contributed by atoms with Gasteiger partial charge in [-0.1, -0.05) is 26.0 Å². The summed E-state index contributed by atoms with van der Waals surface area (Å²) in [6.07, 6.45) is 5.58. The van der Waals surface area contributed by atoms with Gasteiger partial charge in [-0.15, -0.1) is 0 Å². The molecule has 0 spiro atoms. The Morgan fingerprint density at radius 1 is 1.27 bits per heavy atom. The molecule has 0 aromatic rings. The molecule has 0 aromatic heterocycles. The van der Waals surface area contributed by atoms with Crippen molar-refractivity contribution in [1.29, 1.82) is 0 Å². The average Bonchev–Trinajstić information content (AvgIpc) is 2.15. The zero-order chi connectivity index (χ0) is 8.06. The summed E-state index contributed by atoms with van der Waals surface area (Å²) >= 11 is 0. The van der Waals surface area contributed by atoms with Gasteiger partial charge < -0.3 is 0 Å². The van der Waals surface area contributed by atoms with E-state index in [1.54, 1.807) is 0 Å². The SMILES string of the molecule is C=C1CC[C@@H]2CC[C@H]1C2(C)C. The normalized spacial score (nSPS) is 41.1. The molecule has 2 bridgehead atoms. The fourth-order valence-corrected chi connectivity index (χ4v) is 3.18. The van der Waals surface area contributed by atoms with Gasteiger partial charge in [0.05, 0.1) is 0 Å². The van der Waals surface area contributed by atoms with Crippen LogP contribution in [-0.2, 0) is 0 Å². The summed E-state index contributed by atoms with van der Waals surface area (Å²) in [6, 6.07) is 0. The molecule has 62 valence electrons. The zero-order valence-electron chi connectivity index (χ0n) is 7.69. The topological polar surface area (TPSA) is 0 Å². The van der Waals surface area contributed by atoms with Gasteiger partial charge in [-0.2, -0.15) is 0 Å². The quantitative estimate of drug-likeness (QED) is 0.464. The molecule has 2 fully saturated rings. The van der Waals surface area contributed by atoms with Gasteiger partial charge >= 0.3 is 0 Å². The number of fused-ring (bicyclic) bond motifs is 2. The van der Waals surface area contributed by atoms with E-state index < -0.39 is 0 Å². The van der Waals surface area contributed by atoms with Gasteiger partial charge in [0.2, 0.25) is 0 Å². The minimum Gasteiger partial charge on any atom is -0.0996 e. The maximum absolute atomic E-state index is 4.19.